The number of ether oxygens (including phenoxy) is 1. The van der Waals surface area contributed by atoms with E-state index in [0.29, 0.717) is 6.61 Å². The van der Waals surface area contributed by atoms with E-state index in [0.717, 1.165) is 24.2 Å². The van der Waals surface area contributed by atoms with Crippen LogP contribution in [0, 0.1) is 5.82 Å². The van der Waals surface area contributed by atoms with Gasteiger partial charge in [0.25, 0.3) is 0 Å². The predicted octanol–water partition coefficient (Wildman–Crippen LogP) is 4.48. The standard InChI is InChI=1S/C19H19FO2/c1-15(21)4-2-3-5-16-8-12-19(13-9-16)22-14-17-6-10-18(20)11-7-17/h2,4,6-13H,3,5,14H2,1H3/b4-2+. The van der Waals surface area contributed by atoms with Gasteiger partial charge in [0.15, 0.2) is 5.78 Å². The van der Waals surface area contributed by atoms with E-state index in [1.165, 1.54) is 17.7 Å². The zero-order chi connectivity index (χ0) is 15.8. The summed E-state index contributed by atoms with van der Waals surface area (Å²) >= 11 is 0. The first kappa shape index (κ1) is 16.0. The number of benzene rings is 2. The van der Waals surface area contributed by atoms with Crippen molar-refractivity contribution >= 4 is 5.78 Å². The van der Waals surface area contributed by atoms with Gasteiger partial charge in [-0.15, -0.1) is 0 Å². The molecule has 2 aromatic carbocycles. The maximum atomic E-state index is 12.8. The van der Waals surface area contributed by atoms with Crippen molar-refractivity contribution in [3.05, 3.63) is 77.6 Å². The topological polar surface area (TPSA) is 26.3 Å². The molecule has 2 nitrogen and oxygen atoms in total. The molecule has 0 aliphatic rings. The van der Waals surface area contributed by atoms with Gasteiger partial charge in [0.1, 0.15) is 18.2 Å². The first-order chi connectivity index (χ1) is 10.6. The van der Waals surface area contributed by atoms with E-state index in [4.69, 9.17) is 4.74 Å². The molecule has 2 rings (SSSR count). The van der Waals surface area contributed by atoms with Crippen LogP contribution in [0.25, 0.3) is 0 Å². The lowest BCUT2D eigenvalue weighted by atomic mass is 10.1. The highest BCUT2D eigenvalue weighted by Crippen LogP contribution is 2.15. The van der Waals surface area contributed by atoms with E-state index in [1.54, 1.807) is 25.1 Å². The summed E-state index contributed by atoms with van der Waals surface area (Å²) < 4.78 is 18.5. The molecule has 0 amide bonds. The molecule has 0 heterocycles. The summed E-state index contributed by atoms with van der Waals surface area (Å²) in [6.07, 6.45) is 5.22. The average molecular weight is 298 g/mol. The average Bonchev–Trinajstić information content (AvgIpc) is 2.52. The van der Waals surface area contributed by atoms with Crippen LogP contribution in [0.15, 0.2) is 60.7 Å². The molecule has 0 aromatic heterocycles. The fraction of sp³-hybridized carbons (Fsp3) is 0.211. The first-order valence-electron chi connectivity index (χ1n) is 7.27. The van der Waals surface area contributed by atoms with Crippen LogP contribution >= 0.6 is 0 Å². The predicted molar refractivity (Wildman–Crippen MR) is 85.3 cm³/mol. The molecule has 0 aliphatic carbocycles. The van der Waals surface area contributed by atoms with Crippen molar-refractivity contribution in [2.45, 2.75) is 26.4 Å². The van der Waals surface area contributed by atoms with Gasteiger partial charge in [-0.05, 0) is 61.2 Å². The maximum Gasteiger partial charge on any atom is 0.152 e. The van der Waals surface area contributed by atoms with Crippen molar-refractivity contribution < 1.29 is 13.9 Å². The van der Waals surface area contributed by atoms with Crippen molar-refractivity contribution in [3.8, 4) is 5.75 Å². The largest absolute Gasteiger partial charge is 0.489 e. The lowest BCUT2D eigenvalue weighted by molar-refractivity contribution is -0.112. The van der Waals surface area contributed by atoms with Crippen molar-refractivity contribution in [1.82, 2.24) is 0 Å². The Morgan fingerprint density at radius 2 is 1.68 bits per heavy atom. The van der Waals surface area contributed by atoms with Crippen LogP contribution in [0.2, 0.25) is 0 Å². The van der Waals surface area contributed by atoms with Gasteiger partial charge in [0.2, 0.25) is 0 Å². The van der Waals surface area contributed by atoms with Gasteiger partial charge >= 0.3 is 0 Å². The van der Waals surface area contributed by atoms with Gasteiger partial charge in [-0.3, -0.25) is 4.79 Å². The minimum Gasteiger partial charge on any atom is -0.489 e. The van der Waals surface area contributed by atoms with E-state index in [-0.39, 0.29) is 11.6 Å². The Morgan fingerprint density at radius 3 is 2.32 bits per heavy atom. The van der Waals surface area contributed by atoms with Gasteiger partial charge in [-0.2, -0.15) is 0 Å². The van der Waals surface area contributed by atoms with Crippen LogP contribution in [0.5, 0.6) is 5.75 Å². The van der Waals surface area contributed by atoms with Crippen LogP contribution in [0.3, 0.4) is 0 Å². The lowest BCUT2D eigenvalue weighted by Crippen LogP contribution is -1.95. The van der Waals surface area contributed by atoms with Crippen molar-refractivity contribution in [1.29, 1.82) is 0 Å². The molecule has 3 heteroatoms. The number of hydrogen-bond donors (Lipinski definition) is 0. The van der Waals surface area contributed by atoms with Crippen LogP contribution in [-0.2, 0) is 17.8 Å². The highest BCUT2D eigenvalue weighted by molar-refractivity contribution is 5.87. The van der Waals surface area contributed by atoms with Crippen molar-refractivity contribution in [3.63, 3.8) is 0 Å². The monoisotopic (exact) mass is 298 g/mol. The molecule has 0 fully saturated rings. The number of ketones is 1. The molecular formula is C19H19FO2. The van der Waals surface area contributed by atoms with Crippen molar-refractivity contribution in [2.24, 2.45) is 0 Å². The normalized spacial score (nSPS) is 10.8. The molecule has 0 radical (unpaired) electrons. The summed E-state index contributed by atoms with van der Waals surface area (Å²) in [5.74, 6) is 0.615. The van der Waals surface area contributed by atoms with Crippen LogP contribution in [0.4, 0.5) is 4.39 Å². The Kier molecular flexibility index (Phi) is 5.90. The van der Waals surface area contributed by atoms with Crippen LogP contribution in [-0.4, -0.2) is 5.78 Å². The van der Waals surface area contributed by atoms with Crippen LogP contribution in [0.1, 0.15) is 24.5 Å². The Labute approximate surface area is 130 Å². The zero-order valence-corrected chi connectivity index (χ0v) is 12.6. The van der Waals surface area contributed by atoms with Gasteiger partial charge in [-0.1, -0.05) is 30.3 Å². The number of halogens is 1. The summed E-state index contributed by atoms with van der Waals surface area (Å²) in [6.45, 7) is 1.96. The summed E-state index contributed by atoms with van der Waals surface area (Å²) in [7, 11) is 0. The number of allylic oxidation sites excluding steroid dienone is 2. The van der Waals surface area contributed by atoms with Crippen LogP contribution < -0.4 is 4.74 Å². The number of rotatable bonds is 7. The molecule has 0 unspecified atom stereocenters. The minimum absolute atomic E-state index is 0.0736. The number of carbonyl (C=O) groups excluding carboxylic acids is 1. The summed E-state index contributed by atoms with van der Waals surface area (Å²) in [5, 5.41) is 0. The minimum atomic E-state index is -0.244. The van der Waals surface area contributed by atoms with E-state index in [2.05, 4.69) is 0 Å². The van der Waals surface area contributed by atoms with Crippen molar-refractivity contribution in [2.75, 3.05) is 0 Å². The maximum absolute atomic E-state index is 12.8. The third kappa shape index (κ3) is 5.52. The fourth-order valence-electron chi connectivity index (χ4n) is 2.00. The van der Waals surface area contributed by atoms with Gasteiger partial charge in [0.05, 0.1) is 0 Å². The second kappa shape index (κ2) is 8.13. The van der Waals surface area contributed by atoms with Gasteiger partial charge < -0.3 is 4.74 Å². The second-order valence-electron chi connectivity index (χ2n) is 5.11. The number of carbonyl (C=O) groups is 1. The Morgan fingerprint density at radius 1 is 1.05 bits per heavy atom. The highest BCUT2D eigenvalue weighted by atomic mass is 19.1. The Hall–Kier alpha value is -2.42. The molecule has 0 N–H and O–H groups in total. The molecule has 0 atom stereocenters. The van der Waals surface area contributed by atoms with E-state index in [1.807, 2.05) is 30.3 Å². The second-order valence-corrected chi connectivity index (χ2v) is 5.11. The molecule has 0 aliphatic heterocycles. The Bertz CT molecular complexity index is 627. The smallest absolute Gasteiger partial charge is 0.152 e. The lowest BCUT2D eigenvalue weighted by Gasteiger charge is -2.07. The Balaban J connectivity index is 1.81. The van der Waals surface area contributed by atoms with E-state index < -0.39 is 0 Å². The summed E-state index contributed by atoms with van der Waals surface area (Å²) in [6, 6.07) is 14.2. The summed E-state index contributed by atoms with van der Waals surface area (Å²) in [4.78, 5) is 10.8. The van der Waals surface area contributed by atoms with E-state index >= 15 is 0 Å². The molecule has 0 saturated heterocycles. The molecule has 22 heavy (non-hydrogen) atoms. The quantitative estimate of drug-likeness (QED) is 0.704. The molecule has 0 saturated carbocycles. The SMILES string of the molecule is CC(=O)/C=C/CCc1ccc(OCc2ccc(F)cc2)cc1. The molecule has 2 aromatic rings. The third-order valence-electron chi connectivity index (χ3n) is 3.19. The third-order valence-corrected chi connectivity index (χ3v) is 3.19. The number of hydrogen-bond acceptors (Lipinski definition) is 2. The highest BCUT2D eigenvalue weighted by Gasteiger charge is 1.98. The van der Waals surface area contributed by atoms with Gasteiger partial charge in [-0.25, -0.2) is 4.39 Å². The molecular weight excluding hydrogens is 279 g/mol. The number of aryl methyl sites for hydroxylation is 1. The zero-order valence-electron chi connectivity index (χ0n) is 12.6. The fourth-order valence-corrected chi connectivity index (χ4v) is 2.00. The first-order valence-corrected chi connectivity index (χ1v) is 7.27. The molecule has 0 bridgehead atoms. The van der Waals surface area contributed by atoms with E-state index in [9.17, 15) is 9.18 Å². The molecule has 0 spiro atoms. The summed E-state index contributed by atoms with van der Waals surface area (Å²) in [5.41, 5.74) is 2.13. The van der Waals surface area contributed by atoms with Gasteiger partial charge in [0, 0.05) is 0 Å². The molecule has 114 valence electrons.